The lowest BCUT2D eigenvalue weighted by atomic mass is 9.97. The Labute approximate surface area is 160 Å². The van der Waals surface area contributed by atoms with Crippen LogP contribution < -0.4 is 5.32 Å². The largest absolute Gasteiger partial charge is 0.385 e. The molecule has 0 aliphatic carbocycles. The zero-order valence-electron chi connectivity index (χ0n) is 16.0. The van der Waals surface area contributed by atoms with Crippen LogP contribution in [0.5, 0.6) is 0 Å². The summed E-state index contributed by atoms with van der Waals surface area (Å²) in [5, 5.41) is 4.45. The van der Waals surface area contributed by atoms with Crippen LogP contribution in [0.1, 0.15) is 18.1 Å². The number of nitrogens with one attached hydrogen (secondary N) is 1. The Bertz CT molecular complexity index is 1080. The normalized spacial score (nSPS) is 10.9. The molecule has 0 aliphatic heterocycles. The van der Waals surface area contributed by atoms with Gasteiger partial charge in [-0.3, -0.25) is 4.98 Å². The third-order valence-electron chi connectivity index (χ3n) is 5.11. The van der Waals surface area contributed by atoms with E-state index in [0.29, 0.717) is 0 Å². The van der Waals surface area contributed by atoms with E-state index in [9.17, 15) is 0 Å². The zero-order chi connectivity index (χ0) is 18.8. The number of fused-ring (bicyclic) bond motifs is 1. The number of hydrogen-bond acceptors (Lipinski definition) is 3. The Kier molecular flexibility index (Phi) is 4.59. The number of pyridine rings is 2. The molecule has 0 unspecified atom stereocenters. The van der Waals surface area contributed by atoms with Gasteiger partial charge in [-0.15, -0.1) is 0 Å². The molecule has 4 rings (SSSR count). The van der Waals surface area contributed by atoms with Crippen LogP contribution in [0.15, 0.2) is 67.0 Å². The van der Waals surface area contributed by atoms with Gasteiger partial charge in [-0.1, -0.05) is 36.4 Å². The third kappa shape index (κ3) is 3.28. The first kappa shape index (κ1) is 17.2. The minimum Gasteiger partial charge on any atom is -0.385 e. The molecular formula is C24H23N3. The molecule has 3 heteroatoms. The molecule has 134 valence electrons. The van der Waals surface area contributed by atoms with Crippen LogP contribution in [0.25, 0.3) is 33.3 Å². The number of rotatable bonds is 4. The van der Waals surface area contributed by atoms with Gasteiger partial charge in [-0.25, -0.2) is 4.98 Å². The highest BCUT2D eigenvalue weighted by molar-refractivity contribution is 5.86. The van der Waals surface area contributed by atoms with E-state index >= 15 is 0 Å². The van der Waals surface area contributed by atoms with Crippen molar-refractivity contribution in [2.45, 2.75) is 20.8 Å². The number of benzene rings is 2. The Balaban J connectivity index is 1.70. The number of aromatic nitrogens is 2. The molecule has 4 aromatic rings. The van der Waals surface area contributed by atoms with Crippen molar-refractivity contribution in [2.75, 3.05) is 11.9 Å². The lowest BCUT2D eigenvalue weighted by Crippen LogP contribution is -1.96. The van der Waals surface area contributed by atoms with Crippen molar-refractivity contribution < 1.29 is 0 Å². The van der Waals surface area contributed by atoms with E-state index < -0.39 is 0 Å². The van der Waals surface area contributed by atoms with Crippen LogP contribution in [0, 0.1) is 13.8 Å². The van der Waals surface area contributed by atoms with E-state index in [4.69, 9.17) is 4.98 Å². The van der Waals surface area contributed by atoms with Crippen molar-refractivity contribution in [2.24, 2.45) is 0 Å². The van der Waals surface area contributed by atoms with Crippen molar-refractivity contribution >= 4 is 16.6 Å². The Morgan fingerprint density at radius 3 is 2.07 bits per heavy atom. The van der Waals surface area contributed by atoms with Crippen LogP contribution in [0.2, 0.25) is 0 Å². The lowest BCUT2D eigenvalue weighted by molar-refractivity contribution is 1.21. The van der Waals surface area contributed by atoms with Crippen molar-refractivity contribution in [3.63, 3.8) is 0 Å². The van der Waals surface area contributed by atoms with Gasteiger partial charge in [0.15, 0.2) is 0 Å². The van der Waals surface area contributed by atoms with Crippen molar-refractivity contribution in [3.05, 3.63) is 78.1 Å². The van der Waals surface area contributed by atoms with Crippen molar-refractivity contribution in [3.8, 4) is 22.4 Å². The number of hydrogen-bond donors (Lipinski definition) is 1. The second kappa shape index (κ2) is 7.20. The van der Waals surface area contributed by atoms with E-state index in [1.165, 1.54) is 22.3 Å². The predicted octanol–water partition coefficient (Wildman–Crippen LogP) is 6.01. The van der Waals surface area contributed by atoms with Gasteiger partial charge in [0, 0.05) is 35.6 Å². The summed E-state index contributed by atoms with van der Waals surface area (Å²) in [5.41, 5.74) is 9.20. The SMILES string of the molecule is CCNc1ccc(-c2ccc(-c3nc4ccncc4c(C)c3C)cc2)cc1. The molecule has 0 atom stereocenters. The van der Waals surface area contributed by atoms with Gasteiger partial charge in [0.1, 0.15) is 0 Å². The molecule has 0 saturated carbocycles. The molecule has 0 amide bonds. The summed E-state index contributed by atoms with van der Waals surface area (Å²) in [6, 6.07) is 19.2. The molecule has 0 fully saturated rings. The topological polar surface area (TPSA) is 37.8 Å². The highest BCUT2D eigenvalue weighted by atomic mass is 14.8. The van der Waals surface area contributed by atoms with E-state index in [0.717, 1.165) is 34.4 Å². The molecule has 2 heterocycles. The maximum atomic E-state index is 4.89. The Hall–Kier alpha value is -3.20. The predicted molar refractivity (Wildman–Crippen MR) is 114 cm³/mol. The van der Waals surface area contributed by atoms with E-state index in [2.05, 4.69) is 79.6 Å². The van der Waals surface area contributed by atoms with Gasteiger partial charge in [0.05, 0.1) is 11.2 Å². The first-order valence-corrected chi connectivity index (χ1v) is 9.33. The highest BCUT2D eigenvalue weighted by Crippen LogP contribution is 2.30. The second-order valence-corrected chi connectivity index (χ2v) is 6.79. The summed E-state index contributed by atoms with van der Waals surface area (Å²) in [6.45, 7) is 7.32. The molecular weight excluding hydrogens is 330 g/mol. The summed E-state index contributed by atoms with van der Waals surface area (Å²) in [5.74, 6) is 0. The molecule has 0 radical (unpaired) electrons. The van der Waals surface area contributed by atoms with Gasteiger partial charge in [-0.2, -0.15) is 0 Å². The fourth-order valence-electron chi connectivity index (χ4n) is 3.44. The smallest absolute Gasteiger partial charge is 0.0743 e. The molecule has 3 nitrogen and oxygen atoms in total. The summed E-state index contributed by atoms with van der Waals surface area (Å²) in [4.78, 5) is 9.13. The lowest BCUT2D eigenvalue weighted by Gasteiger charge is -2.12. The number of nitrogens with zero attached hydrogens (tertiary/aromatic N) is 2. The zero-order valence-corrected chi connectivity index (χ0v) is 16.0. The summed E-state index contributed by atoms with van der Waals surface area (Å²) in [6.07, 6.45) is 3.70. The van der Waals surface area contributed by atoms with Crippen molar-refractivity contribution in [1.29, 1.82) is 0 Å². The minimum atomic E-state index is 0.932. The third-order valence-corrected chi connectivity index (χ3v) is 5.11. The van der Waals surface area contributed by atoms with Crippen LogP contribution in [0.3, 0.4) is 0 Å². The molecule has 0 aliphatic rings. The summed E-state index contributed by atoms with van der Waals surface area (Å²) >= 11 is 0. The monoisotopic (exact) mass is 353 g/mol. The van der Waals surface area contributed by atoms with Crippen molar-refractivity contribution in [1.82, 2.24) is 9.97 Å². The number of anilines is 1. The van der Waals surface area contributed by atoms with Gasteiger partial charge < -0.3 is 5.32 Å². The molecule has 0 bridgehead atoms. The maximum Gasteiger partial charge on any atom is 0.0743 e. The first-order valence-electron chi connectivity index (χ1n) is 9.33. The maximum absolute atomic E-state index is 4.89. The highest BCUT2D eigenvalue weighted by Gasteiger charge is 2.11. The molecule has 0 saturated heterocycles. The van der Waals surface area contributed by atoms with E-state index in [-0.39, 0.29) is 0 Å². The Morgan fingerprint density at radius 1 is 0.778 bits per heavy atom. The molecule has 0 spiro atoms. The van der Waals surface area contributed by atoms with Gasteiger partial charge >= 0.3 is 0 Å². The molecule has 27 heavy (non-hydrogen) atoms. The number of aryl methyl sites for hydroxylation is 1. The van der Waals surface area contributed by atoms with E-state index in [1.807, 2.05) is 12.3 Å². The minimum absolute atomic E-state index is 0.932. The van der Waals surface area contributed by atoms with Crippen LogP contribution >= 0.6 is 0 Å². The molecule has 1 N–H and O–H groups in total. The quantitative estimate of drug-likeness (QED) is 0.488. The fraction of sp³-hybridized carbons (Fsp3) is 0.167. The molecule has 2 aromatic carbocycles. The average molecular weight is 353 g/mol. The fourth-order valence-corrected chi connectivity index (χ4v) is 3.44. The summed E-state index contributed by atoms with van der Waals surface area (Å²) < 4.78 is 0. The average Bonchev–Trinajstić information content (AvgIpc) is 2.72. The van der Waals surface area contributed by atoms with Crippen LogP contribution in [0.4, 0.5) is 5.69 Å². The second-order valence-electron chi connectivity index (χ2n) is 6.79. The first-order chi connectivity index (χ1) is 13.2. The standard InChI is InChI=1S/C24H23N3/c1-4-26-21-11-9-19(10-12-21)18-5-7-20(8-6-18)24-17(3)16(2)22-15-25-14-13-23(22)27-24/h5-15,26H,4H2,1-3H3. The van der Waals surface area contributed by atoms with E-state index in [1.54, 1.807) is 6.20 Å². The van der Waals surface area contributed by atoms with Crippen LogP contribution in [-0.4, -0.2) is 16.5 Å². The van der Waals surface area contributed by atoms with Gasteiger partial charge in [0.2, 0.25) is 0 Å². The van der Waals surface area contributed by atoms with Crippen LogP contribution in [-0.2, 0) is 0 Å². The van der Waals surface area contributed by atoms with Gasteiger partial charge in [0.25, 0.3) is 0 Å². The Morgan fingerprint density at radius 2 is 1.41 bits per heavy atom. The molecule has 2 aromatic heterocycles. The summed E-state index contributed by atoms with van der Waals surface area (Å²) in [7, 11) is 0. The van der Waals surface area contributed by atoms with Gasteiger partial charge in [-0.05, 0) is 61.2 Å².